The number of thiophene rings is 1. The van der Waals surface area contributed by atoms with Crippen LogP contribution in [0, 0.1) is 5.92 Å². The summed E-state index contributed by atoms with van der Waals surface area (Å²) in [5.41, 5.74) is 0.573. The van der Waals surface area contributed by atoms with Crippen LogP contribution in [-0.4, -0.2) is 32.4 Å². The first kappa shape index (κ1) is 21.1. The van der Waals surface area contributed by atoms with Crippen molar-refractivity contribution >= 4 is 38.9 Å². The van der Waals surface area contributed by atoms with E-state index in [1.165, 1.54) is 13.0 Å². The summed E-state index contributed by atoms with van der Waals surface area (Å²) in [5.74, 6) is -1.67. The zero-order valence-electron chi connectivity index (χ0n) is 15.2. The standard InChI is InChI=1S/C18H22N2O5S2/c1-12(2)16(20-27(23,24)15-10-7-11-26-15)18(22)25-13(3)17(21)19-14-8-5-4-6-9-14/h4-13,16,20H,1-3H3,(H,19,21)/t13-,16-/m1/s1. The van der Waals surface area contributed by atoms with Gasteiger partial charge in [0.2, 0.25) is 0 Å². The molecule has 2 N–H and O–H groups in total. The molecule has 0 bridgehead atoms. The Hall–Kier alpha value is -2.23. The summed E-state index contributed by atoms with van der Waals surface area (Å²) in [6.45, 7) is 4.82. The van der Waals surface area contributed by atoms with E-state index in [1.54, 1.807) is 49.6 Å². The molecule has 0 aliphatic carbocycles. The van der Waals surface area contributed by atoms with E-state index in [0.717, 1.165) is 11.3 Å². The molecule has 2 rings (SSSR count). The van der Waals surface area contributed by atoms with Gasteiger partial charge in [0.1, 0.15) is 10.3 Å². The maximum atomic E-state index is 12.5. The van der Waals surface area contributed by atoms with Crippen molar-refractivity contribution in [3.05, 3.63) is 47.8 Å². The van der Waals surface area contributed by atoms with Crippen LogP contribution in [0.3, 0.4) is 0 Å². The maximum Gasteiger partial charge on any atom is 0.325 e. The molecular formula is C18H22N2O5S2. The van der Waals surface area contributed by atoms with E-state index >= 15 is 0 Å². The van der Waals surface area contributed by atoms with Crippen molar-refractivity contribution in [3.8, 4) is 0 Å². The van der Waals surface area contributed by atoms with Gasteiger partial charge in [0.15, 0.2) is 6.10 Å². The van der Waals surface area contributed by atoms with E-state index in [9.17, 15) is 18.0 Å². The number of carbonyl (C=O) groups is 2. The summed E-state index contributed by atoms with van der Waals surface area (Å²) in [4.78, 5) is 24.7. The third kappa shape index (κ3) is 5.88. The number of para-hydroxylation sites is 1. The third-order valence-corrected chi connectivity index (χ3v) is 6.50. The number of carbonyl (C=O) groups excluding carboxylic acids is 2. The van der Waals surface area contributed by atoms with Gasteiger partial charge in [-0.2, -0.15) is 4.72 Å². The van der Waals surface area contributed by atoms with Crippen molar-refractivity contribution in [1.82, 2.24) is 4.72 Å². The Morgan fingerprint density at radius 1 is 1.04 bits per heavy atom. The topological polar surface area (TPSA) is 102 Å². The summed E-state index contributed by atoms with van der Waals surface area (Å²) in [7, 11) is -3.84. The predicted octanol–water partition coefficient (Wildman–Crippen LogP) is 2.62. The molecule has 0 unspecified atom stereocenters. The van der Waals surface area contributed by atoms with E-state index in [0.29, 0.717) is 5.69 Å². The number of benzene rings is 1. The predicted molar refractivity (Wildman–Crippen MR) is 104 cm³/mol. The molecule has 1 aromatic carbocycles. The van der Waals surface area contributed by atoms with E-state index in [-0.39, 0.29) is 10.1 Å². The number of hydrogen-bond acceptors (Lipinski definition) is 6. The monoisotopic (exact) mass is 410 g/mol. The summed E-state index contributed by atoms with van der Waals surface area (Å²) in [6.07, 6.45) is -1.08. The number of sulfonamides is 1. The average Bonchev–Trinajstić information content (AvgIpc) is 3.16. The molecule has 146 valence electrons. The van der Waals surface area contributed by atoms with Crippen LogP contribution in [0.15, 0.2) is 52.1 Å². The first-order valence-corrected chi connectivity index (χ1v) is 10.7. The Labute approximate surface area is 162 Å². The van der Waals surface area contributed by atoms with Crippen LogP contribution in [-0.2, 0) is 24.3 Å². The van der Waals surface area contributed by atoms with Crippen LogP contribution >= 0.6 is 11.3 Å². The zero-order chi connectivity index (χ0) is 20.0. The van der Waals surface area contributed by atoms with Gasteiger partial charge < -0.3 is 10.1 Å². The van der Waals surface area contributed by atoms with Crippen LogP contribution < -0.4 is 10.0 Å². The van der Waals surface area contributed by atoms with Gasteiger partial charge in [-0.3, -0.25) is 9.59 Å². The Morgan fingerprint density at radius 3 is 2.26 bits per heavy atom. The SMILES string of the molecule is CC(C)[C@@H](NS(=O)(=O)c1cccs1)C(=O)O[C@H](C)C(=O)Nc1ccccc1. The van der Waals surface area contributed by atoms with Crippen LogP contribution in [0.1, 0.15) is 20.8 Å². The van der Waals surface area contributed by atoms with Crippen molar-refractivity contribution in [2.75, 3.05) is 5.32 Å². The molecule has 0 saturated heterocycles. The lowest BCUT2D eigenvalue weighted by atomic mass is 10.1. The quantitative estimate of drug-likeness (QED) is 0.652. The van der Waals surface area contributed by atoms with Gasteiger partial charge in [-0.25, -0.2) is 8.42 Å². The van der Waals surface area contributed by atoms with Gasteiger partial charge >= 0.3 is 5.97 Å². The number of anilines is 1. The number of hydrogen-bond donors (Lipinski definition) is 2. The molecule has 2 atom stereocenters. The fraction of sp³-hybridized carbons (Fsp3) is 0.333. The second-order valence-electron chi connectivity index (χ2n) is 6.21. The van der Waals surface area contributed by atoms with Crippen LogP contribution in [0.4, 0.5) is 5.69 Å². The fourth-order valence-corrected chi connectivity index (χ4v) is 4.51. The van der Waals surface area contributed by atoms with Gasteiger partial charge in [-0.15, -0.1) is 11.3 Å². The summed E-state index contributed by atoms with van der Waals surface area (Å²) in [5, 5.41) is 4.26. The minimum Gasteiger partial charge on any atom is -0.451 e. The lowest BCUT2D eigenvalue weighted by molar-refractivity contribution is -0.155. The van der Waals surface area contributed by atoms with Gasteiger partial charge in [-0.1, -0.05) is 38.1 Å². The largest absolute Gasteiger partial charge is 0.451 e. The number of ether oxygens (including phenoxy) is 1. The van der Waals surface area contributed by atoms with Gasteiger partial charge in [0.05, 0.1) is 0 Å². The highest BCUT2D eigenvalue weighted by molar-refractivity contribution is 7.91. The lowest BCUT2D eigenvalue weighted by Gasteiger charge is -2.22. The molecule has 1 aromatic heterocycles. The lowest BCUT2D eigenvalue weighted by Crippen LogP contribution is -2.46. The molecule has 1 amide bonds. The average molecular weight is 411 g/mol. The molecule has 9 heteroatoms. The molecule has 7 nitrogen and oxygen atoms in total. The Bertz CT molecular complexity index is 864. The van der Waals surface area contributed by atoms with Gasteiger partial charge in [-0.05, 0) is 36.4 Å². The second-order valence-corrected chi connectivity index (χ2v) is 9.10. The number of amides is 1. The van der Waals surface area contributed by atoms with E-state index < -0.39 is 34.0 Å². The van der Waals surface area contributed by atoms with Crippen molar-refractivity contribution in [1.29, 1.82) is 0 Å². The van der Waals surface area contributed by atoms with Gasteiger partial charge in [0.25, 0.3) is 15.9 Å². The van der Waals surface area contributed by atoms with Crippen LogP contribution in [0.5, 0.6) is 0 Å². The number of esters is 1. The molecular weight excluding hydrogens is 388 g/mol. The second kappa shape index (κ2) is 9.12. The summed E-state index contributed by atoms with van der Waals surface area (Å²) in [6, 6.07) is 10.7. The molecule has 0 radical (unpaired) electrons. The van der Waals surface area contributed by atoms with Crippen molar-refractivity contribution in [2.24, 2.45) is 5.92 Å². The van der Waals surface area contributed by atoms with E-state index in [1.807, 2.05) is 6.07 Å². The molecule has 0 fully saturated rings. The van der Waals surface area contributed by atoms with E-state index in [2.05, 4.69) is 10.0 Å². The van der Waals surface area contributed by atoms with Crippen molar-refractivity contribution in [3.63, 3.8) is 0 Å². The van der Waals surface area contributed by atoms with Gasteiger partial charge in [0, 0.05) is 5.69 Å². The van der Waals surface area contributed by atoms with Crippen LogP contribution in [0.2, 0.25) is 0 Å². The molecule has 0 aliphatic heterocycles. The molecule has 0 saturated carbocycles. The number of nitrogens with one attached hydrogen (secondary N) is 2. The highest BCUT2D eigenvalue weighted by atomic mass is 32.2. The highest BCUT2D eigenvalue weighted by Crippen LogP contribution is 2.18. The molecule has 1 heterocycles. The molecule has 0 spiro atoms. The van der Waals surface area contributed by atoms with Crippen molar-refractivity contribution < 1.29 is 22.7 Å². The van der Waals surface area contributed by atoms with E-state index in [4.69, 9.17) is 4.74 Å². The maximum absolute atomic E-state index is 12.5. The zero-order valence-corrected chi connectivity index (χ0v) is 16.8. The highest BCUT2D eigenvalue weighted by Gasteiger charge is 2.32. The molecule has 0 aliphatic rings. The Morgan fingerprint density at radius 2 is 1.70 bits per heavy atom. The normalized spacial score (nSPS) is 13.8. The van der Waals surface area contributed by atoms with Crippen molar-refractivity contribution in [2.45, 2.75) is 37.1 Å². The summed E-state index contributed by atoms with van der Waals surface area (Å²) >= 11 is 1.05. The minimum absolute atomic E-state index is 0.107. The third-order valence-electron chi connectivity index (χ3n) is 3.67. The fourth-order valence-electron chi connectivity index (χ4n) is 2.16. The summed E-state index contributed by atoms with van der Waals surface area (Å²) < 4.78 is 32.4. The Balaban J connectivity index is 2.03. The van der Waals surface area contributed by atoms with Crippen LogP contribution in [0.25, 0.3) is 0 Å². The molecule has 27 heavy (non-hydrogen) atoms. The molecule has 2 aromatic rings. The first-order chi connectivity index (χ1) is 12.7. The first-order valence-electron chi connectivity index (χ1n) is 8.33. The Kier molecular flexibility index (Phi) is 7.11. The smallest absolute Gasteiger partial charge is 0.325 e. The minimum atomic E-state index is -3.84. The number of rotatable bonds is 8.